The highest BCUT2D eigenvalue weighted by molar-refractivity contribution is 7.18. The van der Waals surface area contributed by atoms with Crippen LogP contribution in [0.5, 0.6) is 0 Å². The second-order valence-electron chi connectivity index (χ2n) is 8.19. The number of benzene rings is 1. The van der Waals surface area contributed by atoms with Gasteiger partial charge in [-0.05, 0) is 69.5 Å². The number of hydrogen-bond donors (Lipinski definition) is 3. The van der Waals surface area contributed by atoms with E-state index in [1.807, 2.05) is 6.92 Å². The van der Waals surface area contributed by atoms with E-state index in [2.05, 4.69) is 10.6 Å². The molecule has 0 atom stereocenters. The van der Waals surface area contributed by atoms with Crippen molar-refractivity contribution in [3.63, 3.8) is 0 Å². The molecule has 166 valence electrons. The summed E-state index contributed by atoms with van der Waals surface area (Å²) >= 11 is 7.01. The van der Waals surface area contributed by atoms with E-state index in [0.717, 1.165) is 16.9 Å². The van der Waals surface area contributed by atoms with Gasteiger partial charge in [0.25, 0.3) is 11.8 Å². The summed E-state index contributed by atoms with van der Waals surface area (Å²) in [5, 5.41) is 15.1. The van der Waals surface area contributed by atoms with Gasteiger partial charge in [0.1, 0.15) is 5.54 Å². The Hall–Kier alpha value is -2.42. The number of carbonyl (C=O) groups is 3. The number of hydrogen-bond acceptors (Lipinski definition) is 5. The van der Waals surface area contributed by atoms with E-state index >= 15 is 0 Å². The van der Waals surface area contributed by atoms with Gasteiger partial charge in [-0.1, -0.05) is 11.6 Å². The van der Waals surface area contributed by atoms with Crippen molar-refractivity contribution in [1.82, 2.24) is 10.2 Å². The van der Waals surface area contributed by atoms with E-state index in [1.54, 1.807) is 49.1 Å². The number of carbonyl (C=O) groups excluding carboxylic acids is 3. The van der Waals surface area contributed by atoms with Crippen LogP contribution < -0.4 is 10.6 Å². The summed E-state index contributed by atoms with van der Waals surface area (Å²) < 4.78 is 0.498. The first-order chi connectivity index (χ1) is 14.6. The number of anilines is 1. The highest BCUT2D eigenvalue weighted by Gasteiger charge is 2.31. The number of amides is 3. The second-order valence-corrected chi connectivity index (χ2v) is 9.91. The van der Waals surface area contributed by atoms with Gasteiger partial charge in [0.2, 0.25) is 5.91 Å². The van der Waals surface area contributed by atoms with Crippen molar-refractivity contribution in [2.45, 2.75) is 45.3 Å². The maximum Gasteiger partial charge on any atom is 0.262 e. The van der Waals surface area contributed by atoms with Crippen LogP contribution in [-0.2, 0) is 4.79 Å². The number of rotatable bonds is 5. The molecule has 0 bridgehead atoms. The Kier molecular flexibility index (Phi) is 7.03. The van der Waals surface area contributed by atoms with Crippen molar-refractivity contribution in [2.75, 3.05) is 18.4 Å². The van der Waals surface area contributed by atoms with Crippen molar-refractivity contribution >= 4 is 46.3 Å². The molecular weight excluding hydrogens is 438 g/mol. The molecule has 0 unspecified atom stereocenters. The minimum absolute atomic E-state index is 0.0792. The van der Waals surface area contributed by atoms with E-state index in [-0.39, 0.29) is 23.8 Å². The van der Waals surface area contributed by atoms with Crippen molar-refractivity contribution in [3.8, 4) is 0 Å². The minimum Gasteiger partial charge on any atom is -0.393 e. The summed E-state index contributed by atoms with van der Waals surface area (Å²) in [6.45, 7) is 6.10. The van der Waals surface area contributed by atoms with E-state index in [0.29, 0.717) is 46.4 Å². The molecule has 1 aromatic carbocycles. The van der Waals surface area contributed by atoms with Crippen LogP contribution in [0.15, 0.2) is 30.3 Å². The summed E-state index contributed by atoms with van der Waals surface area (Å²) in [5.74, 6) is -0.836. The van der Waals surface area contributed by atoms with Gasteiger partial charge in [-0.2, -0.15) is 0 Å². The lowest BCUT2D eigenvalue weighted by molar-refractivity contribution is -0.120. The fourth-order valence-corrected chi connectivity index (χ4v) is 4.28. The largest absolute Gasteiger partial charge is 0.393 e. The number of halogens is 1. The number of nitrogens with one attached hydrogen (secondary N) is 2. The van der Waals surface area contributed by atoms with Crippen molar-refractivity contribution in [2.24, 2.45) is 0 Å². The molecule has 3 N–H and O–H groups in total. The van der Waals surface area contributed by atoms with Crippen LogP contribution in [0.25, 0.3) is 0 Å². The molecule has 0 aliphatic carbocycles. The van der Waals surface area contributed by atoms with Gasteiger partial charge in [0.15, 0.2) is 0 Å². The molecule has 1 aliphatic heterocycles. The van der Waals surface area contributed by atoms with E-state index < -0.39 is 5.54 Å². The molecule has 0 radical (unpaired) electrons. The number of aliphatic hydroxyl groups is 1. The minimum atomic E-state index is -1.16. The number of piperidine rings is 1. The van der Waals surface area contributed by atoms with E-state index in [1.165, 1.54) is 0 Å². The number of likely N-dealkylation sites (tertiary alicyclic amines) is 1. The molecule has 1 fully saturated rings. The summed E-state index contributed by atoms with van der Waals surface area (Å²) in [5.41, 5.74) is 0.681. The quantitative estimate of drug-likeness (QED) is 0.632. The topological polar surface area (TPSA) is 98.7 Å². The first-order valence-corrected chi connectivity index (χ1v) is 11.2. The smallest absolute Gasteiger partial charge is 0.262 e. The van der Waals surface area contributed by atoms with Crippen LogP contribution in [0.2, 0.25) is 4.34 Å². The van der Waals surface area contributed by atoms with Crippen molar-refractivity contribution in [3.05, 3.63) is 50.7 Å². The molecule has 0 saturated carbocycles. The summed E-state index contributed by atoms with van der Waals surface area (Å²) in [6.07, 6.45) is 0.817. The molecule has 1 saturated heterocycles. The van der Waals surface area contributed by atoms with Crippen LogP contribution in [0.4, 0.5) is 5.69 Å². The Morgan fingerprint density at radius 1 is 1.16 bits per heavy atom. The average molecular weight is 464 g/mol. The Morgan fingerprint density at radius 2 is 1.84 bits per heavy atom. The molecule has 2 aromatic rings. The fourth-order valence-electron chi connectivity index (χ4n) is 3.35. The summed E-state index contributed by atoms with van der Waals surface area (Å²) in [6, 6.07) is 8.34. The molecule has 1 aliphatic rings. The zero-order valence-electron chi connectivity index (χ0n) is 17.7. The van der Waals surface area contributed by atoms with Gasteiger partial charge >= 0.3 is 0 Å². The van der Waals surface area contributed by atoms with Crippen LogP contribution in [-0.4, -0.2) is 52.5 Å². The lowest BCUT2D eigenvalue weighted by atomic mass is 10.0. The molecule has 7 nitrogen and oxygen atoms in total. The monoisotopic (exact) mass is 463 g/mol. The lowest BCUT2D eigenvalue weighted by Gasteiger charge is -2.30. The highest BCUT2D eigenvalue weighted by atomic mass is 35.5. The molecule has 31 heavy (non-hydrogen) atoms. The van der Waals surface area contributed by atoms with Crippen molar-refractivity contribution in [1.29, 1.82) is 0 Å². The zero-order valence-corrected chi connectivity index (χ0v) is 19.3. The van der Waals surface area contributed by atoms with Crippen molar-refractivity contribution < 1.29 is 19.5 Å². The Bertz CT molecular complexity index is 996. The van der Waals surface area contributed by atoms with Gasteiger partial charge in [-0.25, -0.2) is 0 Å². The van der Waals surface area contributed by atoms with Gasteiger partial charge in [0.05, 0.1) is 15.3 Å². The molecule has 1 aromatic heterocycles. The Balaban J connectivity index is 1.65. The van der Waals surface area contributed by atoms with Crippen LogP contribution in [0, 0.1) is 6.92 Å². The van der Waals surface area contributed by atoms with Crippen LogP contribution in [0.3, 0.4) is 0 Å². The number of aryl methyl sites for hydroxylation is 1. The Labute approximate surface area is 190 Å². The lowest BCUT2D eigenvalue weighted by Crippen LogP contribution is -2.52. The third kappa shape index (κ3) is 5.64. The highest BCUT2D eigenvalue weighted by Crippen LogP contribution is 2.23. The maximum atomic E-state index is 12.8. The SMILES string of the molecule is Cc1cc(NC(=O)C(C)(C)NC(=O)c2ccc(Cl)s2)ccc1C(=O)N1CCC(O)CC1. The van der Waals surface area contributed by atoms with Gasteiger partial charge < -0.3 is 20.6 Å². The van der Waals surface area contributed by atoms with E-state index in [9.17, 15) is 19.5 Å². The van der Waals surface area contributed by atoms with Gasteiger partial charge in [0, 0.05) is 24.3 Å². The normalized spacial score (nSPS) is 14.9. The predicted molar refractivity (Wildman–Crippen MR) is 122 cm³/mol. The summed E-state index contributed by atoms with van der Waals surface area (Å²) in [7, 11) is 0. The van der Waals surface area contributed by atoms with Crippen LogP contribution in [0.1, 0.15) is 52.3 Å². The number of nitrogens with zero attached hydrogens (tertiary/aromatic N) is 1. The maximum absolute atomic E-state index is 12.8. The second kappa shape index (κ2) is 9.38. The third-order valence-corrected chi connectivity index (χ3v) is 6.49. The first kappa shape index (κ1) is 23.2. The predicted octanol–water partition coefficient (Wildman–Crippen LogP) is 3.45. The molecule has 3 amide bonds. The molecule has 3 rings (SSSR count). The summed E-state index contributed by atoms with van der Waals surface area (Å²) in [4.78, 5) is 40.1. The van der Waals surface area contributed by atoms with E-state index in [4.69, 9.17) is 11.6 Å². The first-order valence-electron chi connectivity index (χ1n) is 10.0. The zero-order chi connectivity index (χ0) is 22.8. The van der Waals surface area contributed by atoms with Crippen LogP contribution >= 0.6 is 22.9 Å². The molecule has 0 spiro atoms. The number of thiophene rings is 1. The average Bonchev–Trinajstić information content (AvgIpc) is 3.14. The number of aliphatic hydroxyl groups excluding tert-OH is 1. The standard InChI is InChI=1S/C22H26ClN3O4S/c1-13-12-14(4-5-16(13)20(29)26-10-8-15(27)9-11-26)24-21(30)22(2,3)25-19(28)17-6-7-18(23)31-17/h4-7,12,15,27H,8-11H2,1-3H3,(H,24,30)(H,25,28). The molecular formula is C22H26ClN3O4S. The van der Waals surface area contributed by atoms with Gasteiger partial charge in [-0.3, -0.25) is 14.4 Å². The van der Waals surface area contributed by atoms with Gasteiger partial charge in [-0.15, -0.1) is 11.3 Å². The Morgan fingerprint density at radius 3 is 2.42 bits per heavy atom. The third-order valence-electron chi connectivity index (χ3n) is 5.26. The molecule has 2 heterocycles. The molecule has 9 heteroatoms. The fraction of sp³-hybridized carbons (Fsp3) is 0.409.